The van der Waals surface area contributed by atoms with E-state index in [9.17, 15) is 4.79 Å². The molecule has 0 spiro atoms. The van der Waals surface area contributed by atoms with Crippen LogP contribution < -0.4 is 0 Å². The molecule has 0 aromatic heterocycles. The number of carbonyl (C=O) groups is 1. The van der Waals surface area contributed by atoms with Gasteiger partial charge in [0.05, 0.1) is 6.61 Å². The van der Waals surface area contributed by atoms with Crippen molar-refractivity contribution in [1.29, 1.82) is 0 Å². The third kappa shape index (κ3) is 3.36. The molecule has 3 heteroatoms. The van der Waals surface area contributed by atoms with E-state index in [-0.39, 0.29) is 0 Å². The first kappa shape index (κ1) is 11.7. The molecule has 0 radical (unpaired) electrons. The number of carboxylic acid groups (broad SMARTS) is 1. The van der Waals surface area contributed by atoms with E-state index in [1.807, 2.05) is 32.0 Å². The number of benzene rings is 1. The highest BCUT2D eigenvalue weighted by molar-refractivity contribution is 5.71. The number of aryl methyl sites for hydroxylation is 2. The van der Waals surface area contributed by atoms with Gasteiger partial charge in [-0.05, 0) is 37.5 Å². The topological polar surface area (TPSA) is 46.5 Å². The minimum Gasteiger partial charge on any atom is -0.479 e. The van der Waals surface area contributed by atoms with E-state index in [2.05, 4.69) is 0 Å². The molecule has 0 aliphatic rings. The van der Waals surface area contributed by atoms with E-state index < -0.39 is 12.1 Å². The van der Waals surface area contributed by atoms with Crippen LogP contribution in [0, 0.1) is 13.8 Å². The standard InChI is InChI=1S/C12H16O3/c1-8-4-5-11(6-9(8)2)7-15-10(3)12(13)14/h4-6,10H,7H2,1-3H3,(H,13,14)/t10-/m0/s1. The maximum Gasteiger partial charge on any atom is 0.332 e. The summed E-state index contributed by atoms with van der Waals surface area (Å²) in [6.45, 7) is 5.94. The van der Waals surface area contributed by atoms with Crippen molar-refractivity contribution in [2.45, 2.75) is 33.5 Å². The molecule has 3 nitrogen and oxygen atoms in total. The van der Waals surface area contributed by atoms with Crippen molar-refractivity contribution < 1.29 is 14.6 Å². The van der Waals surface area contributed by atoms with Gasteiger partial charge in [0.25, 0.3) is 0 Å². The molecule has 0 aliphatic heterocycles. The smallest absolute Gasteiger partial charge is 0.332 e. The zero-order valence-electron chi connectivity index (χ0n) is 9.28. The molecule has 0 bridgehead atoms. The summed E-state index contributed by atoms with van der Waals surface area (Å²) >= 11 is 0. The Bertz CT molecular complexity index is 358. The summed E-state index contributed by atoms with van der Waals surface area (Å²) in [5.74, 6) is -0.932. The normalized spacial score (nSPS) is 12.5. The fraction of sp³-hybridized carbons (Fsp3) is 0.417. The zero-order chi connectivity index (χ0) is 11.4. The average molecular weight is 208 g/mol. The number of aliphatic carboxylic acids is 1. The molecule has 15 heavy (non-hydrogen) atoms. The van der Waals surface area contributed by atoms with E-state index >= 15 is 0 Å². The molecule has 82 valence electrons. The zero-order valence-corrected chi connectivity index (χ0v) is 9.28. The van der Waals surface area contributed by atoms with Gasteiger partial charge in [-0.3, -0.25) is 0 Å². The highest BCUT2D eigenvalue weighted by atomic mass is 16.5. The number of carboxylic acids is 1. The van der Waals surface area contributed by atoms with Crippen LogP contribution in [0.2, 0.25) is 0 Å². The van der Waals surface area contributed by atoms with E-state index in [0.29, 0.717) is 6.61 Å². The van der Waals surface area contributed by atoms with Crippen LogP contribution >= 0.6 is 0 Å². The second-order valence-electron chi connectivity index (χ2n) is 3.71. The van der Waals surface area contributed by atoms with Crippen molar-refractivity contribution in [1.82, 2.24) is 0 Å². The van der Waals surface area contributed by atoms with Crippen LogP contribution in [0.5, 0.6) is 0 Å². The molecule has 1 atom stereocenters. The quantitative estimate of drug-likeness (QED) is 0.825. The molecule has 0 fully saturated rings. The summed E-state index contributed by atoms with van der Waals surface area (Å²) in [6, 6.07) is 5.99. The lowest BCUT2D eigenvalue weighted by atomic mass is 10.1. The number of rotatable bonds is 4. The van der Waals surface area contributed by atoms with Crippen molar-refractivity contribution in [2.75, 3.05) is 0 Å². The molecule has 1 N–H and O–H groups in total. The Labute approximate surface area is 89.7 Å². The fourth-order valence-electron chi connectivity index (χ4n) is 1.19. The third-order valence-electron chi connectivity index (χ3n) is 2.42. The first-order chi connectivity index (χ1) is 7.00. The first-order valence-electron chi connectivity index (χ1n) is 4.91. The number of hydrogen-bond donors (Lipinski definition) is 1. The van der Waals surface area contributed by atoms with Crippen LogP contribution in [-0.4, -0.2) is 17.2 Å². The Hall–Kier alpha value is -1.35. The van der Waals surface area contributed by atoms with E-state index in [0.717, 1.165) is 5.56 Å². The molecule has 1 rings (SSSR count). The molecular formula is C12H16O3. The number of hydrogen-bond acceptors (Lipinski definition) is 2. The van der Waals surface area contributed by atoms with Crippen LogP contribution in [0.3, 0.4) is 0 Å². The summed E-state index contributed by atoms with van der Waals surface area (Å²) in [4.78, 5) is 10.5. The van der Waals surface area contributed by atoms with Gasteiger partial charge in [0.1, 0.15) is 0 Å². The lowest BCUT2D eigenvalue weighted by Gasteiger charge is -2.09. The second kappa shape index (κ2) is 4.94. The molecule has 0 saturated heterocycles. The highest BCUT2D eigenvalue weighted by Crippen LogP contribution is 2.11. The van der Waals surface area contributed by atoms with Crippen molar-refractivity contribution in [2.24, 2.45) is 0 Å². The lowest BCUT2D eigenvalue weighted by molar-refractivity contribution is -0.149. The summed E-state index contributed by atoms with van der Waals surface area (Å²) in [7, 11) is 0. The van der Waals surface area contributed by atoms with Gasteiger partial charge in [-0.1, -0.05) is 18.2 Å². The first-order valence-corrected chi connectivity index (χ1v) is 4.91. The summed E-state index contributed by atoms with van der Waals surface area (Å²) in [5.41, 5.74) is 3.43. The Morgan fingerprint density at radius 3 is 2.60 bits per heavy atom. The third-order valence-corrected chi connectivity index (χ3v) is 2.42. The molecule has 0 amide bonds. The van der Waals surface area contributed by atoms with Gasteiger partial charge in [0, 0.05) is 0 Å². The van der Waals surface area contributed by atoms with Gasteiger partial charge >= 0.3 is 5.97 Å². The van der Waals surface area contributed by atoms with Crippen LogP contribution in [0.25, 0.3) is 0 Å². The Kier molecular flexibility index (Phi) is 3.86. The Morgan fingerprint density at radius 1 is 1.40 bits per heavy atom. The minimum atomic E-state index is -0.932. The minimum absolute atomic E-state index is 0.342. The maximum absolute atomic E-state index is 10.5. The second-order valence-corrected chi connectivity index (χ2v) is 3.71. The lowest BCUT2D eigenvalue weighted by Crippen LogP contribution is -2.19. The Morgan fingerprint density at radius 2 is 2.07 bits per heavy atom. The van der Waals surface area contributed by atoms with Gasteiger partial charge in [-0.25, -0.2) is 4.79 Å². The fourth-order valence-corrected chi connectivity index (χ4v) is 1.19. The molecule has 1 aromatic rings. The van der Waals surface area contributed by atoms with Crippen molar-refractivity contribution in [3.8, 4) is 0 Å². The summed E-state index contributed by atoms with van der Waals surface area (Å²) in [5, 5.41) is 8.63. The molecule has 0 unspecified atom stereocenters. The summed E-state index contributed by atoms with van der Waals surface area (Å²) in [6.07, 6.45) is -0.758. The monoisotopic (exact) mass is 208 g/mol. The molecule has 0 aliphatic carbocycles. The number of ether oxygens (including phenoxy) is 1. The van der Waals surface area contributed by atoms with Gasteiger partial charge in [-0.2, -0.15) is 0 Å². The average Bonchev–Trinajstić information content (AvgIpc) is 2.19. The molecular weight excluding hydrogens is 192 g/mol. The molecule has 0 saturated carbocycles. The van der Waals surface area contributed by atoms with Crippen molar-refractivity contribution >= 4 is 5.97 Å². The van der Waals surface area contributed by atoms with Crippen molar-refractivity contribution in [3.05, 3.63) is 34.9 Å². The van der Waals surface area contributed by atoms with Gasteiger partial charge in [0.15, 0.2) is 6.10 Å². The summed E-state index contributed by atoms with van der Waals surface area (Å²) < 4.78 is 5.18. The van der Waals surface area contributed by atoms with Crippen LogP contribution in [0.15, 0.2) is 18.2 Å². The predicted octanol–water partition coefficient (Wildman–Crippen LogP) is 2.29. The molecule has 1 aromatic carbocycles. The van der Waals surface area contributed by atoms with Crippen LogP contribution in [-0.2, 0) is 16.1 Å². The van der Waals surface area contributed by atoms with E-state index in [4.69, 9.17) is 9.84 Å². The van der Waals surface area contributed by atoms with E-state index in [1.54, 1.807) is 0 Å². The van der Waals surface area contributed by atoms with Crippen LogP contribution in [0.4, 0.5) is 0 Å². The SMILES string of the molecule is Cc1ccc(CO[C@@H](C)C(=O)O)cc1C. The van der Waals surface area contributed by atoms with Gasteiger partial charge < -0.3 is 9.84 Å². The maximum atomic E-state index is 10.5. The Balaban J connectivity index is 2.58. The van der Waals surface area contributed by atoms with E-state index in [1.165, 1.54) is 18.1 Å². The predicted molar refractivity (Wildman–Crippen MR) is 57.8 cm³/mol. The largest absolute Gasteiger partial charge is 0.479 e. The van der Waals surface area contributed by atoms with Gasteiger partial charge in [0.2, 0.25) is 0 Å². The molecule has 0 heterocycles. The van der Waals surface area contributed by atoms with Crippen LogP contribution in [0.1, 0.15) is 23.6 Å². The van der Waals surface area contributed by atoms with Gasteiger partial charge in [-0.15, -0.1) is 0 Å². The van der Waals surface area contributed by atoms with Crippen molar-refractivity contribution in [3.63, 3.8) is 0 Å². The highest BCUT2D eigenvalue weighted by Gasteiger charge is 2.10.